The zero-order valence-corrected chi connectivity index (χ0v) is 15.7. The summed E-state index contributed by atoms with van der Waals surface area (Å²) in [6.45, 7) is 3.05. The fraction of sp³-hybridized carbons (Fsp3) is 0.222. The molecule has 0 unspecified atom stereocenters. The molecule has 0 saturated heterocycles. The van der Waals surface area contributed by atoms with Gasteiger partial charge in [-0.15, -0.1) is 0 Å². The highest BCUT2D eigenvalue weighted by molar-refractivity contribution is 6.31. The summed E-state index contributed by atoms with van der Waals surface area (Å²) in [5.74, 6) is -0.683. The number of amides is 2. The molecule has 9 heteroatoms. The number of aryl methyl sites for hydroxylation is 2. The maximum absolute atomic E-state index is 12.2. The number of anilines is 1. The van der Waals surface area contributed by atoms with Crippen LogP contribution in [-0.2, 0) is 4.79 Å². The fourth-order valence-corrected chi connectivity index (χ4v) is 2.49. The van der Waals surface area contributed by atoms with Crippen LogP contribution in [0, 0.1) is 24.0 Å². The summed E-state index contributed by atoms with van der Waals surface area (Å²) in [4.78, 5) is 34.7. The number of methoxy groups -OCH3 is 1. The Hall–Kier alpha value is -3.13. The van der Waals surface area contributed by atoms with Crippen LogP contribution < -0.4 is 15.4 Å². The standard InChI is InChI=1S/C18H18ClN3O5/c1-10-4-5-12(7-15(10)22(25)26)18(24)20-9-17(23)21-14-6-11(2)13(19)8-16(14)27-3/h4-8H,9H2,1-3H3,(H,20,24)(H,21,23). The molecule has 0 aliphatic heterocycles. The molecule has 0 heterocycles. The van der Waals surface area contributed by atoms with E-state index in [1.165, 1.54) is 25.3 Å². The number of nitro benzene ring substituents is 1. The quantitative estimate of drug-likeness (QED) is 0.580. The van der Waals surface area contributed by atoms with Crippen molar-refractivity contribution in [1.29, 1.82) is 0 Å². The molecule has 27 heavy (non-hydrogen) atoms. The minimum absolute atomic E-state index is 0.0972. The number of carbonyl (C=O) groups excluding carboxylic acids is 2. The highest BCUT2D eigenvalue weighted by Gasteiger charge is 2.16. The first-order valence-electron chi connectivity index (χ1n) is 7.90. The Morgan fingerprint density at radius 1 is 1.19 bits per heavy atom. The predicted molar refractivity (Wildman–Crippen MR) is 102 cm³/mol. The molecule has 8 nitrogen and oxygen atoms in total. The summed E-state index contributed by atoms with van der Waals surface area (Å²) in [6, 6.07) is 7.35. The summed E-state index contributed by atoms with van der Waals surface area (Å²) in [6.07, 6.45) is 0. The van der Waals surface area contributed by atoms with Crippen LogP contribution in [0.2, 0.25) is 5.02 Å². The number of nitrogens with zero attached hydrogens (tertiary/aromatic N) is 1. The first kappa shape index (κ1) is 20.2. The minimum atomic E-state index is -0.590. The first-order chi connectivity index (χ1) is 12.7. The van der Waals surface area contributed by atoms with Gasteiger partial charge in [0.05, 0.1) is 24.3 Å². The molecule has 0 radical (unpaired) electrons. The number of ether oxygens (including phenoxy) is 1. The Bertz CT molecular complexity index is 914. The van der Waals surface area contributed by atoms with Gasteiger partial charge < -0.3 is 15.4 Å². The Labute approximate surface area is 160 Å². The zero-order chi connectivity index (χ0) is 20.1. The second-order valence-corrected chi connectivity index (χ2v) is 6.20. The largest absolute Gasteiger partial charge is 0.495 e. The monoisotopic (exact) mass is 391 g/mol. The average Bonchev–Trinajstić information content (AvgIpc) is 2.62. The van der Waals surface area contributed by atoms with Crippen LogP contribution in [0.3, 0.4) is 0 Å². The van der Waals surface area contributed by atoms with E-state index in [1.54, 1.807) is 26.0 Å². The maximum Gasteiger partial charge on any atom is 0.273 e. The lowest BCUT2D eigenvalue weighted by Crippen LogP contribution is -2.33. The van der Waals surface area contributed by atoms with E-state index in [2.05, 4.69) is 10.6 Å². The van der Waals surface area contributed by atoms with Crippen LogP contribution in [0.4, 0.5) is 11.4 Å². The Balaban J connectivity index is 2.04. The molecule has 2 N–H and O–H groups in total. The molecule has 142 valence electrons. The third kappa shape index (κ3) is 4.95. The van der Waals surface area contributed by atoms with Crippen LogP contribution >= 0.6 is 11.6 Å². The van der Waals surface area contributed by atoms with Gasteiger partial charge in [0.15, 0.2) is 0 Å². The third-order valence-electron chi connectivity index (χ3n) is 3.83. The Morgan fingerprint density at radius 3 is 2.52 bits per heavy atom. The Kier molecular flexibility index (Phi) is 6.36. The lowest BCUT2D eigenvalue weighted by Gasteiger charge is -2.12. The van der Waals surface area contributed by atoms with Gasteiger partial charge in [0.25, 0.3) is 11.6 Å². The molecule has 0 aliphatic rings. The van der Waals surface area contributed by atoms with Crippen molar-refractivity contribution in [1.82, 2.24) is 5.32 Å². The molecule has 0 saturated carbocycles. The van der Waals surface area contributed by atoms with Crippen LogP contribution in [0.15, 0.2) is 30.3 Å². The number of rotatable bonds is 6. The van der Waals surface area contributed by atoms with Crippen molar-refractivity contribution in [3.63, 3.8) is 0 Å². The SMILES string of the molecule is COc1cc(Cl)c(C)cc1NC(=O)CNC(=O)c1ccc(C)c([N+](=O)[O-])c1. The van der Waals surface area contributed by atoms with Crippen molar-refractivity contribution in [2.45, 2.75) is 13.8 Å². The highest BCUT2D eigenvalue weighted by atomic mass is 35.5. The van der Waals surface area contributed by atoms with E-state index in [-0.39, 0.29) is 17.8 Å². The van der Waals surface area contributed by atoms with Gasteiger partial charge in [-0.05, 0) is 31.5 Å². The van der Waals surface area contributed by atoms with Gasteiger partial charge in [0.1, 0.15) is 5.75 Å². The van der Waals surface area contributed by atoms with Crippen molar-refractivity contribution in [2.24, 2.45) is 0 Å². The van der Waals surface area contributed by atoms with Crippen molar-refractivity contribution in [3.8, 4) is 5.75 Å². The lowest BCUT2D eigenvalue weighted by molar-refractivity contribution is -0.385. The number of nitrogens with one attached hydrogen (secondary N) is 2. The van der Waals surface area contributed by atoms with Crippen molar-refractivity contribution >= 4 is 34.8 Å². The average molecular weight is 392 g/mol. The van der Waals surface area contributed by atoms with E-state index < -0.39 is 16.7 Å². The smallest absolute Gasteiger partial charge is 0.273 e. The number of nitro groups is 1. The molecular formula is C18H18ClN3O5. The van der Waals surface area contributed by atoms with Gasteiger partial charge >= 0.3 is 0 Å². The molecular weight excluding hydrogens is 374 g/mol. The van der Waals surface area contributed by atoms with E-state index in [4.69, 9.17) is 16.3 Å². The van der Waals surface area contributed by atoms with Gasteiger partial charge in [0.2, 0.25) is 5.91 Å². The van der Waals surface area contributed by atoms with E-state index in [0.717, 1.165) is 5.56 Å². The fourth-order valence-electron chi connectivity index (χ4n) is 2.33. The maximum atomic E-state index is 12.2. The molecule has 0 aromatic heterocycles. The van der Waals surface area contributed by atoms with Crippen LogP contribution in [0.25, 0.3) is 0 Å². The van der Waals surface area contributed by atoms with Gasteiger partial charge in [-0.25, -0.2) is 0 Å². The molecule has 0 aliphatic carbocycles. The van der Waals surface area contributed by atoms with E-state index in [1.807, 2.05) is 0 Å². The zero-order valence-electron chi connectivity index (χ0n) is 15.0. The first-order valence-corrected chi connectivity index (χ1v) is 8.28. The number of halogens is 1. The number of carbonyl (C=O) groups is 2. The molecule has 2 aromatic carbocycles. The van der Waals surface area contributed by atoms with E-state index >= 15 is 0 Å². The molecule has 2 amide bonds. The number of hydrogen-bond donors (Lipinski definition) is 2. The summed E-state index contributed by atoms with van der Waals surface area (Å²) >= 11 is 6.02. The van der Waals surface area contributed by atoms with Crippen LogP contribution in [0.5, 0.6) is 5.75 Å². The number of hydrogen-bond acceptors (Lipinski definition) is 5. The molecule has 0 atom stereocenters. The van der Waals surface area contributed by atoms with Gasteiger partial charge in [-0.2, -0.15) is 0 Å². The number of benzene rings is 2. The molecule has 0 spiro atoms. The summed E-state index contributed by atoms with van der Waals surface area (Å²) in [5.41, 5.74) is 1.56. The second kappa shape index (κ2) is 8.50. The van der Waals surface area contributed by atoms with Crippen molar-refractivity contribution in [2.75, 3.05) is 19.0 Å². The highest BCUT2D eigenvalue weighted by Crippen LogP contribution is 2.30. The van der Waals surface area contributed by atoms with Gasteiger partial charge in [0, 0.05) is 28.3 Å². The van der Waals surface area contributed by atoms with Crippen LogP contribution in [-0.4, -0.2) is 30.4 Å². The van der Waals surface area contributed by atoms with E-state index in [0.29, 0.717) is 22.0 Å². The molecule has 2 rings (SSSR count). The van der Waals surface area contributed by atoms with Crippen LogP contribution in [0.1, 0.15) is 21.5 Å². The Morgan fingerprint density at radius 2 is 1.89 bits per heavy atom. The summed E-state index contributed by atoms with van der Waals surface area (Å²) in [5, 5.41) is 16.5. The third-order valence-corrected chi connectivity index (χ3v) is 4.24. The predicted octanol–water partition coefficient (Wildman–Crippen LogP) is 3.24. The molecule has 2 aromatic rings. The summed E-state index contributed by atoms with van der Waals surface area (Å²) in [7, 11) is 1.45. The second-order valence-electron chi connectivity index (χ2n) is 5.79. The lowest BCUT2D eigenvalue weighted by atomic mass is 10.1. The van der Waals surface area contributed by atoms with Crippen molar-refractivity contribution < 1.29 is 19.2 Å². The minimum Gasteiger partial charge on any atom is -0.495 e. The normalized spacial score (nSPS) is 10.2. The summed E-state index contributed by atoms with van der Waals surface area (Å²) < 4.78 is 5.17. The van der Waals surface area contributed by atoms with E-state index in [9.17, 15) is 19.7 Å². The van der Waals surface area contributed by atoms with Gasteiger partial charge in [-0.3, -0.25) is 19.7 Å². The topological polar surface area (TPSA) is 111 Å². The molecule has 0 fully saturated rings. The van der Waals surface area contributed by atoms with Gasteiger partial charge in [-0.1, -0.05) is 17.7 Å². The van der Waals surface area contributed by atoms with Crippen molar-refractivity contribution in [3.05, 3.63) is 62.2 Å². The molecule has 0 bridgehead atoms.